The molecule has 1 unspecified atom stereocenters. The zero-order chi connectivity index (χ0) is 35.5. The fourth-order valence-corrected chi connectivity index (χ4v) is 7.44. The van der Waals surface area contributed by atoms with Crippen LogP contribution in [-0.2, 0) is 17.9 Å². The lowest BCUT2D eigenvalue weighted by atomic mass is 9.96. The Labute approximate surface area is 306 Å². The van der Waals surface area contributed by atoms with Crippen LogP contribution in [0.5, 0.6) is 5.88 Å². The summed E-state index contributed by atoms with van der Waals surface area (Å²) in [5.74, 6) is 1.13. The number of nitrogens with zero attached hydrogens (tertiary/aromatic N) is 4. The molecular formula is C39H38Cl2FN7O2. The van der Waals surface area contributed by atoms with Gasteiger partial charge >= 0.3 is 0 Å². The molecule has 3 aromatic heterocycles. The monoisotopic (exact) mass is 725 g/mol. The van der Waals surface area contributed by atoms with Crippen LogP contribution in [-0.4, -0.2) is 54.1 Å². The maximum absolute atomic E-state index is 13.7. The number of carbonyl (C=O) groups is 1. The molecule has 12 heteroatoms. The number of fused-ring (bicyclic) bond motifs is 1. The van der Waals surface area contributed by atoms with Crippen LogP contribution in [0.25, 0.3) is 33.6 Å². The van der Waals surface area contributed by atoms with Gasteiger partial charge < -0.3 is 25.6 Å². The van der Waals surface area contributed by atoms with Crippen molar-refractivity contribution in [2.24, 2.45) is 0 Å². The fraction of sp³-hybridized carbons (Fsp3) is 0.282. The molecule has 262 valence electrons. The second kappa shape index (κ2) is 15.3. The summed E-state index contributed by atoms with van der Waals surface area (Å²) < 4.78 is 19.4. The van der Waals surface area contributed by atoms with Gasteiger partial charge in [-0.25, -0.2) is 14.4 Å². The number of carbonyl (C=O) groups excluding carboxylic acids is 1. The van der Waals surface area contributed by atoms with Gasteiger partial charge in [0.25, 0.3) is 0 Å². The van der Waals surface area contributed by atoms with Crippen LogP contribution in [0.1, 0.15) is 42.0 Å². The molecule has 0 spiro atoms. The Morgan fingerprint density at radius 1 is 0.922 bits per heavy atom. The molecule has 5 heterocycles. The number of hydrogen-bond acceptors (Lipinski definition) is 8. The summed E-state index contributed by atoms with van der Waals surface area (Å²) in [4.78, 5) is 27.5. The molecule has 5 aromatic rings. The first-order chi connectivity index (χ1) is 24.8. The number of halogens is 3. The molecule has 0 aliphatic carbocycles. The standard InChI is InChI=1S/C39H38Cl2FN7O2/c1-49-16-15-32(45-19-23-17-25(42)21-43-18-23)31-11-13-33(47-38(31)49)29-7-3-5-27(36(29)40)28-6-4-8-30(37(28)41)34-12-9-24(39(48-34)51-2)20-44-22-26-10-14-35(50)46-26/h3-9,11-13,17-18,21,26,32,44-45H,10,14-16,19-20,22H2,1-2H3,(H,46,50)/t26-,32?/m0/s1. The third-order valence-electron chi connectivity index (χ3n) is 9.47. The van der Waals surface area contributed by atoms with E-state index >= 15 is 0 Å². The molecule has 2 aliphatic heterocycles. The Bertz CT molecular complexity index is 2080. The molecule has 1 amide bonds. The molecule has 2 atom stereocenters. The lowest BCUT2D eigenvalue weighted by Gasteiger charge is -2.33. The van der Waals surface area contributed by atoms with Crippen LogP contribution in [0, 0.1) is 5.82 Å². The third-order valence-corrected chi connectivity index (χ3v) is 10.3. The highest BCUT2D eigenvalue weighted by molar-refractivity contribution is 6.39. The Hall–Kier alpha value is -4.61. The second-order valence-electron chi connectivity index (χ2n) is 12.9. The second-order valence-corrected chi connectivity index (χ2v) is 13.7. The number of rotatable bonds is 11. The Kier molecular flexibility index (Phi) is 10.5. The lowest BCUT2D eigenvalue weighted by Crippen LogP contribution is -2.35. The molecule has 7 rings (SSSR count). The van der Waals surface area contributed by atoms with Crippen molar-refractivity contribution in [3.05, 3.63) is 112 Å². The summed E-state index contributed by atoms with van der Waals surface area (Å²) in [6, 6.07) is 21.4. The number of nitrogens with one attached hydrogen (secondary N) is 3. The van der Waals surface area contributed by atoms with Crippen molar-refractivity contribution in [3.63, 3.8) is 0 Å². The number of benzene rings is 2. The fourth-order valence-electron chi connectivity index (χ4n) is 6.79. The number of anilines is 1. The van der Waals surface area contributed by atoms with Gasteiger partial charge in [-0.3, -0.25) is 9.78 Å². The van der Waals surface area contributed by atoms with Crippen molar-refractivity contribution in [3.8, 4) is 39.5 Å². The van der Waals surface area contributed by atoms with E-state index in [-0.39, 0.29) is 23.8 Å². The predicted octanol–water partition coefficient (Wildman–Crippen LogP) is 7.37. The van der Waals surface area contributed by atoms with Crippen molar-refractivity contribution >= 4 is 34.9 Å². The Morgan fingerprint density at radius 3 is 2.31 bits per heavy atom. The van der Waals surface area contributed by atoms with Crippen molar-refractivity contribution in [1.82, 2.24) is 30.9 Å². The average molecular weight is 727 g/mol. The molecule has 1 fully saturated rings. The molecule has 0 bridgehead atoms. The van der Waals surface area contributed by atoms with Gasteiger partial charge in [0.05, 0.1) is 34.7 Å². The lowest BCUT2D eigenvalue weighted by molar-refractivity contribution is -0.119. The van der Waals surface area contributed by atoms with Gasteiger partial charge in [0.2, 0.25) is 11.8 Å². The van der Waals surface area contributed by atoms with Crippen LogP contribution in [0.2, 0.25) is 10.0 Å². The maximum atomic E-state index is 13.7. The van der Waals surface area contributed by atoms with Gasteiger partial charge in [-0.1, -0.05) is 71.7 Å². The van der Waals surface area contributed by atoms with Gasteiger partial charge in [-0.15, -0.1) is 0 Å². The largest absolute Gasteiger partial charge is 0.481 e. The normalized spacial score (nSPS) is 17.0. The molecule has 0 saturated carbocycles. The van der Waals surface area contributed by atoms with Gasteiger partial charge in [-0.05, 0) is 36.6 Å². The summed E-state index contributed by atoms with van der Waals surface area (Å²) in [6.45, 7) is 2.54. The van der Waals surface area contributed by atoms with Crippen molar-refractivity contribution < 1.29 is 13.9 Å². The highest BCUT2D eigenvalue weighted by Crippen LogP contribution is 2.43. The van der Waals surface area contributed by atoms with Crippen molar-refractivity contribution in [2.45, 2.75) is 44.4 Å². The Morgan fingerprint density at radius 2 is 1.63 bits per heavy atom. The van der Waals surface area contributed by atoms with E-state index in [9.17, 15) is 9.18 Å². The topological polar surface area (TPSA) is 104 Å². The average Bonchev–Trinajstić information content (AvgIpc) is 3.56. The third kappa shape index (κ3) is 7.55. The van der Waals surface area contributed by atoms with Gasteiger partial charge in [0.1, 0.15) is 11.6 Å². The molecule has 2 aromatic carbocycles. The minimum atomic E-state index is -0.347. The summed E-state index contributed by atoms with van der Waals surface area (Å²) in [7, 11) is 3.64. The Balaban J connectivity index is 1.13. The summed E-state index contributed by atoms with van der Waals surface area (Å²) in [5, 5.41) is 11.0. The van der Waals surface area contributed by atoms with Gasteiger partial charge in [0, 0.05) is 91.3 Å². The molecule has 51 heavy (non-hydrogen) atoms. The number of methoxy groups -OCH3 is 1. The van der Waals surface area contributed by atoms with Crippen molar-refractivity contribution in [2.75, 3.05) is 32.1 Å². The highest BCUT2D eigenvalue weighted by Gasteiger charge is 2.26. The zero-order valence-electron chi connectivity index (χ0n) is 28.3. The van der Waals surface area contributed by atoms with Crippen LogP contribution in [0.15, 0.2) is 79.1 Å². The van der Waals surface area contributed by atoms with E-state index in [0.717, 1.165) is 69.8 Å². The van der Waals surface area contributed by atoms with Gasteiger partial charge in [-0.2, -0.15) is 0 Å². The van der Waals surface area contributed by atoms with Crippen LogP contribution in [0.4, 0.5) is 10.2 Å². The van der Waals surface area contributed by atoms with Gasteiger partial charge in [0.15, 0.2) is 0 Å². The van der Waals surface area contributed by atoms with E-state index in [1.807, 2.05) is 61.6 Å². The molecule has 9 nitrogen and oxygen atoms in total. The zero-order valence-corrected chi connectivity index (χ0v) is 29.9. The smallest absolute Gasteiger partial charge is 0.220 e. The molecular weight excluding hydrogens is 688 g/mol. The summed E-state index contributed by atoms with van der Waals surface area (Å²) in [5.41, 5.74) is 7.30. The molecule has 3 N–H and O–H groups in total. The van der Waals surface area contributed by atoms with E-state index in [1.54, 1.807) is 13.3 Å². The number of ether oxygens (including phenoxy) is 1. The SMILES string of the molecule is COc1nc(-c2cccc(-c3cccc(-c4ccc5c(n4)N(C)CCC5NCc4cncc(F)c4)c3Cl)c2Cl)ccc1CNC[C@@H]1CCC(=O)N1. The summed E-state index contributed by atoms with van der Waals surface area (Å²) in [6.07, 6.45) is 5.18. The van der Waals surface area contributed by atoms with E-state index in [0.29, 0.717) is 47.7 Å². The molecule has 1 saturated heterocycles. The first-order valence-corrected chi connectivity index (χ1v) is 17.7. The van der Waals surface area contributed by atoms with E-state index in [2.05, 4.69) is 31.9 Å². The molecule has 0 radical (unpaired) electrons. The first-order valence-electron chi connectivity index (χ1n) is 17.0. The van der Waals surface area contributed by atoms with E-state index in [1.165, 1.54) is 12.3 Å². The van der Waals surface area contributed by atoms with Crippen LogP contribution in [0.3, 0.4) is 0 Å². The number of aromatic nitrogens is 3. The van der Waals surface area contributed by atoms with Crippen LogP contribution < -0.4 is 25.6 Å². The number of amides is 1. The highest BCUT2D eigenvalue weighted by atomic mass is 35.5. The van der Waals surface area contributed by atoms with Crippen molar-refractivity contribution in [1.29, 1.82) is 0 Å². The number of pyridine rings is 3. The molecule has 2 aliphatic rings. The van der Waals surface area contributed by atoms with Crippen LogP contribution >= 0.6 is 23.2 Å². The minimum absolute atomic E-state index is 0.0584. The summed E-state index contributed by atoms with van der Waals surface area (Å²) >= 11 is 14.3. The maximum Gasteiger partial charge on any atom is 0.220 e. The number of hydrogen-bond donors (Lipinski definition) is 3. The first kappa shape index (κ1) is 34.8. The van der Waals surface area contributed by atoms with E-state index in [4.69, 9.17) is 37.9 Å². The van der Waals surface area contributed by atoms with E-state index < -0.39 is 0 Å². The predicted molar refractivity (Wildman–Crippen MR) is 199 cm³/mol. The quantitative estimate of drug-likeness (QED) is 0.130. The minimum Gasteiger partial charge on any atom is -0.481 e.